The smallest absolute Gasteiger partial charge is 0.129 e. The first-order chi connectivity index (χ1) is 5.29. The topological polar surface area (TPSA) is 50.1 Å². The number of anilines is 1. The molecule has 2 heterocycles. The van der Waals surface area contributed by atoms with Crippen molar-refractivity contribution in [2.24, 2.45) is 7.05 Å². The third kappa shape index (κ3) is 0.903. The molecule has 4 heteroatoms. The minimum absolute atomic E-state index is 0.333. The molecule has 2 N–H and O–H groups in total. The van der Waals surface area contributed by atoms with E-state index in [1.165, 1.54) is 0 Å². The molecule has 1 aliphatic rings. The lowest BCUT2D eigenvalue weighted by molar-refractivity contribution is 0.168. The number of aliphatic hydroxyl groups is 1. The molecule has 4 nitrogen and oxygen atoms in total. The van der Waals surface area contributed by atoms with Gasteiger partial charge in [-0.15, -0.1) is 0 Å². The van der Waals surface area contributed by atoms with Crippen molar-refractivity contribution in [2.45, 2.75) is 12.5 Å². The van der Waals surface area contributed by atoms with E-state index in [1.54, 1.807) is 10.9 Å². The van der Waals surface area contributed by atoms with Crippen LogP contribution in [0.3, 0.4) is 0 Å². The molecule has 0 saturated carbocycles. The molecule has 2 rings (SSSR count). The first-order valence-corrected chi connectivity index (χ1v) is 3.73. The quantitative estimate of drug-likeness (QED) is 0.562. The van der Waals surface area contributed by atoms with E-state index in [0.717, 1.165) is 24.3 Å². The lowest BCUT2D eigenvalue weighted by atomic mass is 10.1. The third-order valence-electron chi connectivity index (χ3n) is 2.04. The van der Waals surface area contributed by atoms with Gasteiger partial charge in [0, 0.05) is 19.2 Å². The molecule has 1 unspecified atom stereocenters. The van der Waals surface area contributed by atoms with Crippen LogP contribution in [0.2, 0.25) is 0 Å². The van der Waals surface area contributed by atoms with E-state index in [4.69, 9.17) is 0 Å². The Labute approximate surface area is 64.8 Å². The fraction of sp³-hybridized carbons (Fsp3) is 0.571. The molecule has 1 aromatic rings. The highest BCUT2D eigenvalue weighted by atomic mass is 16.3. The second kappa shape index (κ2) is 2.23. The molecule has 60 valence electrons. The molecule has 1 aliphatic heterocycles. The van der Waals surface area contributed by atoms with Gasteiger partial charge in [0.15, 0.2) is 0 Å². The van der Waals surface area contributed by atoms with Gasteiger partial charge in [-0.2, -0.15) is 5.10 Å². The van der Waals surface area contributed by atoms with Crippen molar-refractivity contribution in [1.82, 2.24) is 9.78 Å². The Hall–Kier alpha value is -1.03. The highest BCUT2D eigenvalue weighted by molar-refractivity contribution is 5.47. The van der Waals surface area contributed by atoms with Crippen molar-refractivity contribution in [3.05, 3.63) is 11.8 Å². The van der Waals surface area contributed by atoms with Crippen LogP contribution in [0.4, 0.5) is 5.82 Å². The van der Waals surface area contributed by atoms with Crippen LogP contribution in [0.1, 0.15) is 18.1 Å². The van der Waals surface area contributed by atoms with Crippen LogP contribution >= 0.6 is 0 Å². The highest BCUT2D eigenvalue weighted by Gasteiger charge is 2.20. The van der Waals surface area contributed by atoms with Crippen molar-refractivity contribution in [1.29, 1.82) is 0 Å². The number of nitrogens with zero attached hydrogens (tertiary/aromatic N) is 2. The van der Waals surface area contributed by atoms with E-state index in [-0.39, 0.29) is 6.10 Å². The number of hydrogen-bond acceptors (Lipinski definition) is 3. The molecule has 0 saturated heterocycles. The minimum Gasteiger partial charge on any atom is -0.388 e. The number of aryl methyl sites for hydroxylation is 1. The van der Waals surface area contributed by atoms with Gasteiger partial charge in [0.2, 0.25) is 0 Å². The van der Waals surface area contributed by atoms with Gasteiger partial charge in [0.05, 0.1) is 12.3 Å². The predicted octanol–water partition coefficient (Wildman–Crippen LogP) is 0.269. The predicted molar refractivity (Wildman–Crippen MR) is 41.3 cm³/mol. The summed E-state index contributed by atoms with van der Waals surface area (Å²) in [7, 11) is 1.86. The zero-order chi connectivity index (χ0) is 7.84. The van der Waals surface area contributed by atoms with Crippen molar-refractivity contribution in [3.8, 4) is 0 Å². The average Bonchev–Trinajstić information content (AvgIpc) is 2.35. The molecular formula is C7H11N3O. The molecule has 1 atom stereocenters. The second-order valence-corrected chi connectivity index (χ2v) is 2.80. The van der Waals surface area contributed by atoms with Crippen LogP contribution in [-0.2, 0) is 7.05 Å². The van der Waals surface area contributed by atoms with Crippen molar-refractivity contribution in [2.75, 3.05) is 11.9 Å². The van der Waals surface area contributed by atoms with E-state index in [2.05, 4.69) is 10.4 Å². The molecule has 0 bridgehead atoms. The summed E-state index contributed by atoms with van der Waals surface area (Å²) < 4.78 is 1.75. The Balaban J connectivity index is 2.46. The second-order valence-electron chi connectivity index (χ2n) is 2.80. The summed E-state index contributed by atoms with van der Waals surface area (Å²) in [6, 6.07) is 0. The fourth-order valence-corrected chi connectivity index (χ4v) is 1.40. The molecule has 0 aliphatic carbocycles. The van der Waals surface area contributed by atoms with Crippen LogP contribution in [0, 0.1) is 0 Å². The Morgan fingerprint density at radius 3 is 3.36 bits per heavy atom. The summed E-state index contributed by atoms with van der Waals surface area (Å²) >= 11 is 0. The number of aliphatic hydroxyl groups excluding tert-OH is 1. The Morgan fingerprint density at radius 2 is 2.64 bits per heavy atom. The Kier molecular flexibility index (Phi) is 1.35. The largest absolute Gasteiger partial charge is 0.388 e. The average molecular weight is 153 g/mol. The van der Waals surface area contributed by atoms with Gasteiger partial charge in [-0.1, -0.05) is 0 Å². The third-order valence-corrected chi connectivity index (χ3v) is 2.04. The number of rotatable bonds is 0. The fourth-order valence-electron chi connectivity index (χ4n) is 1.40. The maximum Gasteiger partial charge on any atom is 0.129 e. The number of aromatic nitrogens is 2. The summed E-state index contributed by atoms with van der Waals surface area (Å²) in [5, 5.41) is 16.7. The van der Waals surface area contributed by atoms with Crippen LogP contribution < -0.4 is 5.32 Å². The summed E-state index contributed by atoms with van der Waals surface area (Å²) in [6.45, 7) is 0.827. The SMILES string of the molecule is Cn1ncc2c1NCCC2O. The van der Waals surface area contributed by atoms with Crippen LogP contribution in [0.25, 0.3) is 0 Å². The van der Waals surface area contributed by atoms with Crippen LogP contribution in [-0.4, -0.2) is 21.4 Å². The van der Waals surface area contributed by atoms with E-state index in [9.17, 15) is 5.11 Å². The minimum atomic E-state index is -0.333. The van der Waals surface area contributed by atoms with E-state index in [1.807, 2.05) is 7.05 Å². The Morgan fingerprint density at radius 1 is 1.82 bits per heavy atom. The van der Waals surface area contributed by atoms with Crippen LogP contribution in [0.15, 0.2) is 6.20 Å². The maximum absolute atomic E-state index is 9.48. The van der Waals surface area contributed by atoms with E-state index >= 15 is 0 Å². The lowest BCUT2D eigenvalue weighted by Gasteiger charge is -2.19. The van der Waals surface area contributed by atoms with Crippen molar-refractivity contribution < 1.29 is 5.11 Å². The number of hydrogen-bond donors (Lipinski definition) is 2. The van der Waals surface area contributed by atoms with Crippen molar-refractivity contribution in [3.63, 3.8) is 0 Å². The van der Waals surface area contributed by atoms with Gasteiger partial charge in [0.25, 0.3) is 0 Å². The summed E-state index contributed by atoms with van der Waals surface area (Å²) in [4.78, 5) is 0. The summed E-state index contributed by atoms with van der Waals surface area (Å²) in [5.41, 5.74) is 0.916. The highest BCUT2D eigenvalue weighted by Crippen LogP contribution is 2.28. The summed E-state index contributed by atoms with van der Waals surface area (Å²) in [6.07, 6.45) is 2.16. The zero-order valence-corrected chi connectivity index (χ0v) is 6.41. The first-order valence-electron chi connectivity index (χ1n) is 3.73. The molecule has 0 aromatic carbocycles. The normalized spacial score (nSPS) is 22.5. The number of fused-ring (bicyclic) bond motifs is 1. The molecular weight excluding hydrogens is 142 g/mol. The molecule has 0 spiro atoms. The molecule has 1 aromatic heterocycles. The summed E-state index contributed by atoms with van der Waals surface area (Å²) in [5.74, 6) is 0.948. The zero-order valence-electron chi connectivity index (χ0n) is 6.41. The first kappa shape index (κ1) is 6.67. The molecule has 11 heavy (non-hydrogen) atoms. The van der Waals surface area contributed by atoms with E-state index < -0.39 is 0 Å². The standard InChI is InChI=1S/C7H11N3O/c1-10-7-5(4-9-10)6(11)2-3-8-7/h4,6,8,11H,2-3H2,1H3. The lowest BCUT2D eigenvalue weighted by Crippen LogP contribution is -2.17. The monoisotopic (exact) mass is 153 g/mol. The Bertz CT molecular complexity index is 269. The van der Waals surface area contributed by atoms with Gasteiger partial charge in [0.1, 0.15) is 5.82 Å². The van der Waals surface area contributed by atoms with Crippen molar-refractivity contribution >= 4 is 5.82 Å². The van der Waals surface area contributed by atoms with Gasteiger partial charge < -0.3 is 10.4 Å². The van der Waals surface area contributed by atoms with Gasteiger partial charge in [-0.3, -0.25) is 4.68 Å². The maximum atomic E-state index is 9.48. The molecule has 0 amide bonds. The van der Waals surface area contributed by atoms with E-state index in [0.29, 0.717) is 0 Å². The van der Waals surface area contributed by atoms with Gasteiger partial charge in [-0.25, -0.2) is 0 Å². The van der Waals surface area contributed by atoms with Crippen LogP contribution in [0.5, 0.6) is 0 Å². The van der Waals surface area contributed by atoms with Gasteiger partial charge >= 0.3 is 0 Å². The number of nitrogens with one attached hydrogen (secondary N) is 1. The van der Waals surface area contributed by atoms with Gasteiger partial charge in [-0.05, 0) is 6.42 Å². The molecule has 0 radical (unpaired) electrons. The molecule has 0 fully saturated rings.